The number of hydrogen-bond acceptors (Lipinski definition) is 2. The predicted molar refractivity (Wildman–Crippen MR) is 83.8 cm³/mol. The first-order chi connectivity index (χ1) is 10.1. The summed E-state index contributed by atoms with van der Waals surface area (Å²) in [5.41, 5.74) is 2.74. The molecule has 0 bridgehead atoms. The summed E-state index contributed by atoms with van der Waals surface area (Å²) in [5, 5.41) is 5.38. The van der Waals surface area contributed by atoms with Gasteiger partial charge < -0.3 is 4.98 Å². The summed E-state index contributed by atoms with van der Waals surface area (Å²) >= 11 is 11.9. The van der Waals surface area contributed by atoms with Crippen molar-refractivity contribution < 1.29 is 0 Å². The third-order valence-corrected chi connectivity index (χ3v) is 3.82. The molecule has 106 valence electrons. The Balaban J connectivity index is 1.83. The molecule has 0 saturated heterocycles. The van der Waals surface area contributed by atoms with Gasteiger partial charge in [0, 0.05) is 29.6 Å². The average molecular weight is 320 g/mol. The SMILES string of the molecule is O=c1ccc(-c2cnn(Cc3ccc(Cl)c(Cl)c3)c2)c[nH]1. The van der Waals surface area contributed by atoms with Crippen LogP contribution in [0.1, 0.15) is 5.56 Å². The van der Waals surface area contributed by atoms with E-state index in [1.165, 1.54) is 6.07 Å². The number of benzene rings is 1. The highest BCUT2D eigenvalue weighted by Gasteiger charge is 2.04. The van der Waals surface area contributed by atoms with Crippen molar-refractivity contribution in [1.82, 2.24) is 14.8 Å². The number of nitrogens with one attached hydrogen (secondary N) is 1. The van der Waals surface area contributed by atoms with Crippen molar-refractivity contribution in [3.05, 3.63) is 74.9 Å². The summed E-state index contributed by atoms with van der Waals surface area (Å²) in [5.74, 6) is 0. The summed E-state index contributed by atoms with van der Waals surface area (Å²) < 4.78 is 1.81. The lowest BCUT2D eigenvalue weighted by atomic mass is 10.2. The third kappa shape index (κ3) is 3.17. The molecule has 0 atom stereocenters. The van der Waals surface area contributed by atoms with E-state index >= 15 is 0 Å². The number of aromatic nitrogens is 3. The van der Waals surface area contributed by atoms with Crippen LogP contribution < -0.4 is 5.56 Å². The highest BCUT2D eigenvalue weighted by molar-refractivity contribution is 6.42. The van der Waals surface area contributed by atoms with Gasteiger partial charge in [0.2, 0.25) is 5.56 Å². The van der Waals surface area contributed by atoms with Crippen molar-refractivity contribution in [1.29, 1.82) is 0 Å². The van der Waals surface area contributed by atoms with E-state index in [-0.39, 0.29) is 5.56 Å². The van der Waals surface area contributed by atoms with Crippen molar-refractivity contribution >= 4 is 23.2 Å². The van der Waals surface area contributed by atoms with Crippen LogP contribution in [-0.2, 0) is 6.54 Å². The molecular weight excluding hydrogens is 309 g/mol. The van der Waals surface area contributed by atoms with Crippen LogP contribution in [0.25, 0.3) is 11.1 Å². The Kier molecular flexibility index (Phi) is 3.82. The van der Waals surface area contributed by atoms with Crippen molar-refractivity contribution in [2.24, 2.45) is 0 Å². The summed E-state index contributed by atoms with van der Waals surface area (Å²) in [6.45, 7) is 0.597. The highest BCUT2D eigenvalue weighted by atomic mass is 35.5. The number of nitrogens with zero attached hydrogens (tertiary/aromatic N) is 2. The smallest absolute Gasteiger partial charge is 0.247 e. The number of H-pyrrole nitrogens is 1. The molecule has 0 fully saturated rings. The Hall–Kier alpha value is -2.04. The Morgan fingerprint density at radius 3 is 2.67 bits per heavy atom. The van der Waals surface area contributed by atoms with Crippen LogP contribution in [-0.4, -0.2) is 14.8 Å². The van der Waals surface area contributed by atoms with Gasteiger partial charge in [-0.3, -0.25) is 9.48 Å². The topological polar surface area (TPSA) is 50.7 Å². The fraction of sp³-hybridized carbons (Fsp3) is 0.0667. The molecule has 2 heterocycles. The Morgan fingerprint density at radius 1 is 1.10 bits per heavy atom. The van der Waals surface area contributed by atoms with Gasteiger partial charge in [-0.2, -0.15) is 5.10 Å². The first-order valence-electron chi connectivity index (χ1n) is 6.27. The minimum absolute atomic E-state index is 0.123. The lowest BCUT2D eigenvalue weighted by Crippen LogP contribution is -2.01. The lowest BCUT2D eigenvalue weighted by Gasteiger charge is -2.03. The van der Waals surface area contributed by atoms with Crippen molar-refractivity contribution in [2.75, 3.05) is 0 Å². The zero-order valence-corrected chi connectivity index (χ0v) is 12.4. The number of hydrogen-bond donors (Lipinski definition) is 1. The number of rotatable bonds is 3. The van der Waals surface area contributed by atoms with Crippen molar-refractivity contribution in [2.45, 2.75) is 6.54 Å². The maximum absolute atomic E-state index is 11.1. The van der Waals surface area contributed by atoms with Crippen LogP contribution in [0.3, 0.4) is 0 Å². The molecule has 21 heavy (non-hydrogen) atoms. The van der Waals surface area contributed by atoms with E-state index in [0.717, 1.165) is 16.7 Å². The molecule has 0 spiro atoms. The summed E-state index contributed by atoms with van der Waals surface area (Å²) in [4.78, 5) is 13.7. The Morgan fingerprint density at radius 2 is 1.95 bits per heavy atom. The van der Waals surface area contributed by atoms with E-state index in [4.69, 9.17) is 23.2 Å². The van der Waals surface area contributed by atoms with Crippen molar-refractivity contribution in [3.8, 4) is 11.1 Å². The molecule has 0 aliphatic carbocycles. The molecule has 0 aliphatic rings. The molecule has 0 aliphatic heterocycles. The van der Waals surface area contributed by atoms with Gasteiger partial charge in [-0.05, 0) is 23.8 Å². The van der Waals surface area contributed by atoms with Gasteiger partial charge in [0.25, 0.3) is 0 Å². The molecule has 4 nitrogen and oxygen atoms in total. The molecule has 6 heteroatoms. The molecule has 1 N–H and O–H groups in total. The van der Waals surface area contributed by atoms with Gasteiger partial charge in [0.1, 0.15) is 0 Å². The standard InChI is InChI=1S/C15H11Cl2N3O/c16-13-3-1-10(5-14(13)17)8-20-9-12(7-19-20)11-2-4-15(21)18-6-11/h1-7,9H,8H2,(H,18,21). The van der Waals surface area contributed by atoms with Crippen LogP contribution in [0, 0.1) is 0 Å². The number of pyridine rings is 1. The van der Waals surface area contributed by atoms with E-state index in [1.807, 2.05) is 18.3 Å². The maximum atomic E-state index is 11.1. The predicted octanol–water partition coefficient (Wildman–Crippen LogP) is 3.59. The van der Waals surface area contributed by atoms with Crippen LogP contribution in [0.5, 0.6) is 0 Å². The molecule has 0 radical (unpaired) electrons. The number of halogens is 2. The van der Waals surface area contributed by atoms with E-state index in [9.17, 15) is 4.79 Å². The third-order valence-electron chi connectivity index (χ3n) is 3.08. The molecule has 0 unspecified atom stereocenters. The van der Waals surface area contributed by atoms with Crippen LogP contribution in [0.15, 0.2) is 53.7 Å². The minimum Gasteiger partial charge on any atom is -0.328 e. The summed E-state index contributed by atoms with van der Waals surface area (Å²) in [6.07, 6.45) is 5.34. The average Bonchev–Trinajstić information content (AvgIpc) is 2.92. The normalized spacial score (nSPS) is 10.8. The molecule has 0 amide bonds. The molecule has 1 aromatic carbocycles. The molecule has 3 rings (SSSR count). The Bertz CT molecular complexity index is 818. The first-order valence-corrected chi connectivity index (χ1v) is 7.03. The molecule has 2 aromatic heterocycles. The zero-order valence-electron chi connectivity index (χ0n) is 10.9. The van der Waals surface area contributed by atoms with Gasteiger partial charge >= 0.3 is 0 Å². The minimum atomic E-state index is -0.123. The number of aromatic amines is 1. The van der Waals surface area contributed by atoms with Gasteiger partial charge in [-0.1, -0.05) is 29.3 Å². The quantitative estimate of drug-likeness (QED) is 0.802. The van der Waals surface area contributed by atoms with Gasteiger partial charge in [-0.15, -0.1) is 0 Å². The summed E-state index contributed by atoms with van der Waals surface area (Å²) in [7, 11) is 0. The first kappa shape index (κ1) is 13.9. The van der Waals surface area contributed by atoms with Crippen molar-refractivity contribution in [3.63, 3.8) is 0 Å². The fourth-order valence-electron chi connectivity index (χ4n) is 2.01. The van der Waals surface area contributed by atoms with Crippen LogP contribution in [0.2, 0.25) is 10.0 Å². The second-order valence-corrected chi connectivity index (χ2v) is 5.43. The highest BCUT2D eigenvalue weighted by Crippen LogP contribution is 2.23. The van der Waals surface area contributed by atoms with Gasteiger partial charge in [0.15, 0.2) is 0 Å². The Labute approximate surface area is 131 Å². The van der Waals surface area contributed by atoms with E-state index in [0.29, 0.717) is 16.6 Å². The van der Waals surface area contributed by atoms with Gasteiger partial charge in [0.05, 0.1) is 22.8 Å². The van der Waals surface area contributed by atoms with E-state index in [2.05, 4.69) is 10.1 Å². The van der Waals surface area contributed by atoms with Crippen LogP contribution >= 0.6 is 23.2 Å². The summed E-state index contributed by atoms with van der Waals surface area (Å²) in [6, 6.07) is 8.76. The van der Waals surface area contributed by atoms with Crippen LogP contribution in [0.4, 0.5) is 0 Å². The monoisotopic (exact) mass is 319 g/mol. The molecule has 0 saturated carbocycles. The fourth-order valence-corrected chi connectivity index (χ4v) is 2.33. The van der Waals surface area contributed by atoms with E-state index < -0.39 is 0 Å². The zero-order chi connectivity index (χ0) is 14.8. The molecule has 3 aromatic rings. The van der Waals surface area contributed by atoms with E-state index in [1.54, 1.807) is 29.2 Å². The molecular formula is C15H11Cl2N3O. The lowest BCUT2D eigenvalue weighted by molar-refractivity contribution is 0.687. The second kappa shape index (κ2) is 5.76. The maximum Gasteiger partial charge on any atom is 0.247 e. The second-order valence-electron chi connectivity index (χ2n) is 4.62. The largest absolute Gasteiger partial charge is 0.328 e. The van der Waals surface area contributed by atoms with Gasteiger partial charge in [-0.25, -0.2) is 0 Å².